The van der Waals surface area contributed by atoms with E-state index in [9.17, 15) is 4.79 Å². The van der Waals surface area contributed by atoms with Crippen molar-refractivity contribution in [3.8, 4) is 0 Å². The minimum atomic E-state index is -0.269. The minimum Gasteiger partial charge on any atom is -0.479 e. The van der Waals surface area contributed by atoms with Gasteiger partial charge >= 0.3 is 0 Å². The normalized spacial score (nSPS) is 18.6. The molecule has 100 valence electrons. The number of ether oxygens (including phenoxy) is 1. The van der Waals surface area contributed by atoms with Gasteiger partial charge in [0.2, 0.25) is 5.88 Å². The molecule has 1 aliphatic rings. The molecule has 0 fully saturated rings. The van der Waals surface area contributed by atoms with Gasteiger partial charge in [-0.15, -0.1) is 0 Å². The highest BCUT2D eigenvalue weighted by molar-refractivity contribution is 7.80. The molecule has 2 N–H and O–H groups in total. The smallest absolute Gasteiger partial charge is 0.202 e. The van der Waals surface area contributed by atoms with Crippen LogP contribution in [0.4, 0.5) is 0 Å². The number of benzene rings is 1. The topological polar surface area (TPSA) is 50.4 Å². The summed E-state index contributed by atoms with van der Waals surface area (Å²) in [7, 11) is 0. The molecule has 19 heavy (non-hydrogen) atoms. The fourth-order valence-electron chi connectivity index (χ4n) is 2.06. The van der Waals surface area contributed by atoms with Crippen LogP contribution in [0, 0.1) is 0 Å². The van der Waals surface area contributed by atoms with Gasteiger partial charge in [-0.2, -0.15) is 0 Å². The number of carbonyl (C=O) groups excluding carboxylic acids is 1. The van der Waals surface area contributed by atoms with Gasteiger partial charge in [0.1, 0.15) is 0 Å². The first kappa shape index (κ1) is 13.5. The van der Waals surface area contributed by atoms with Crippen LogP contribution in [0.25, 0.3) is 0 Å². The van der Waals surface area contributed by atoms with E-state index in [-0.39, 0.29) is 11.8 Å². The molecule has 0 aliphatic carbocycles. The highest BCUT2D eigenvalue weighted by atomic mass is 32.1. The molecule has 2 rings (SSSR count). The second kappa shape index (κ2) is 5.84. The largest absolute Gasteiger partial charge is 0.479 e. The number of hydrogen-bond acceptors (Lipinski definition) is 3. The van der Waals surface area contributed by atoms with E-state index in [1.807, 2.05) is 37.3 Å². The Labute approximate surface area is 117 Å². The van der Waals surface area contributed by atoms with Crippen LogP contribution in [0.1, 0.15) is 25.5 Å². The van der Waals surface area contributed by atoms with E-state index in [0.29, 0.717) is 23.2 Å². The number of carbonyl (C=O) groups is 1. The first-order valence-corrected chi connectivity index (χ1v) is 6.54. The molecule has 1 aliphatic heterocycles. The van der Waals surface area contributed by atoms with Gasteiger partial charge < -0.3 is 15.4 Å². The lowest BCUT2D eigenvalue weighted by molar-refractivity contribution is -0.114. The summed E-state index contributed by atoms with van der Waals surface area (Å²) in [6.07, 6.45) is 0. The van der Waals surface area contributed by atoms with Crippen molar-refractivity contribution in [2.24, 2.45) is 0 Å². The van der Waals surface area contributed by atoms with Gasteiger partial charge in [-0.3, -0.25) is 4.79 Å². The van der Waals surface area contributed by atoms with Gasteiger partial charge in [-0.25, -0.2) is 0 Å². The number of nitrogens with one attached hydrogen (secondary N) is 2. The molecule has 1 unspecified atom stereocenters. The Balaban J connectivity index is 2.48. The second-order valence-corrected chi connectivity index (χ2v) is 4.58. The SMILES string of the molecule is CCOC1=C(C(C)=O)C(c2ccccc2)NC(=S)N1. The molecule has 1 heterocycles. The van der Waals surface area contributed by atoms with Crippen molar-refractivity contribution in [3.63, 3.8) is 0 Å². The van der Waals surface area contributed by atoms with Crippen LogP contribution in [0.5, 0.6) is 0 Å². The van der Waals surface area contributed by atoms with E-state index >= 15 is 0 Å². The average Bonchev–Trinajstić information content (AvgIpc) is 2.39. The number of rotatable bonds is 4. The van der Waals surface area contributed by atoms with Gasteiger partial charge in [-0.1, -0.05) is 30.3 Å². The maximum atomic E-state index is 11.9. The number of ketones is 1. The van der Waals surface area contributed by atoms with Crippen LogP contribution in [0.3, 0.4) is 0 Å². The molecule has 0 saturated heterocycles. The Kier molecular flexibility index (Phi) is 4.16. The molecule has 0 bridgehead atoms. The third-order valence-corrected chi connectivity index (χ3v) is 3.06. The predicted octanol–water partition coefficient (Wildman–Crippen LogP) is 2.04. The standard InChI is InChI=1S/C14H16N2O2S/c1-3-18-13-11(9(2)17)12(15-14(19)16-13)10-7-5-4-6-8-10/h4-8,12H,3H2,1-2H3,(H2,15,16,19). The number of Topliss-reactive ketones (excluding diaryl/α,β-unsaturated/α-hetero) is 1. The molecule has 0 radical (unpaired) electrons. The molecule has 0 saturated carbocycles. The van der Waals surface area contributed by atoms with Crippen LogP contribution in [0.15, 0.2) is 41.8 Å². The summed E-state index contributed by atoms with van der Waals surface area (Å²) < 4.78 is 5.50. The molecular weight excluding hydrogens is 260 g/mol. The fourth-order valence-corrected chi connectivity index (χ4v) is 2.27. The molecule has 0 amide bonds. The van der Waals surface area contributed by atoms with Crippen LogP contribution >= 0.6 is 12.2 Å². The highest BCUT2D eigenvalue weighted by Crippen LogP contribution is 2.27. The van der Waals surface area contributed by atoms with E-state index in [4.69, 9.17) is 17.0 Å². The first-order chi connectivity index (χ1) is 9.13. The third-order valence-electron chi connectivity index (χ3n) is 2.84. The zero-order valence-electron chi connectivity index (χ0n) is 10.9. The monoisotopic (exact) mass is 276 g/mol. The molecule has 1 aromatic carbocycles. The van der Waals surface area contributed by atoms with E-state index in [2.05, 4.69) is 10.6 Å². The quantitative estimate of drug-likeness (QED) is 0.824. The Morgan fingerprint density at radius 3 is 2.63 bits per heavy atom. The molecular formula is C14H16N2O2S. The van der Waals surface area contributed by atoms with Crippen molar-refractivity contribution in [1.82, 2.24) is 10.6 Å². The molecule has 1 atom stereocenters. The van der Waals surface area contributed by atoms with Crippen LogP contribution in [-0.4, -0.2) is 17.5 Å². The summed E-state index contributed by atoms with van der Waals surface area (Å²) in [5.74, 6) is 0.410. The summed E-state index contributed by atoms with van der Waals surface area (Å²) >= 11 is 5.17. The third kappa shape index (κ3) is 2.93. The molecule has 1 aromatic rings. The van der Waals surface area contributed by atoms with Crippen LogP contribution < -0.4 is 10.6 Å². The second-order valence-electron chi connectivity index (χ2n) is 4.17. The molecule has 4 nitrogen and oxygen atoms in total. The van der Waals surface area contributed by atoms with E-state index in [1.54, 1.807) is 0 Å². The summed E-state index contributed by atoms with van der Waals surface area (Å²) in [6.45, 7) is 3.88. The van der Waals surface area contributed by atoms with Crippen molar-refractivity contribution in [3.05, 3.63) is 47.4 Å². The van der Waals surface area contributed by atoms with Crippen LogP contribution in [0.2, 0.25) is 0 Å². The van der Waals surface area contributed by atoms with Crippen molar-refractivity contribution in [2.75, 3.05) is 6.61 Å². The van der Waals surface area contributed by atoms with Gasteiger partial charge in [0.15, 0.2) is 10.9 Å². The maximum absolute atomic E-state index is 11.9. The summed E-state index contributed by atoms with van der Waals surface area (Å²) in [5.41, 5.74) is 1.55. The zero-order valence-corrected chi connectivity index (χ0v) is 11.7. The minimum absolute atomic E-state index is 0.0418. The van der Waals surface area contributed by atoms with Crippen molar-refractivity contribution >= 4 is 23.1 Å². The summed E-state index contributed by atoms with van der Waals surface area (Å²) in [6, 6.07) is 9.44. The molecule has 5 heteroatoms. The van der Waals surface area contributed by atoms with Gasteiger partial charge in [0.05, 0.1) is 18.2 Å². The molecule has 0 aromatic heterocycles. The van der Waals surface area contributed by atoms with E-state index in [1.165, 1.54) is 6.92 Å². The average molecular weight is 276 g/mol. The number of hydrogen-bond donors (Lipinski definition) is 2. The van der Waals surface area contributed by atoms with E-state index in [0.717, 1.165) is 5.56 Å². The molecule has 0 spiro atoms. The lowest BCUT2D eigenvalue weighted by atomic mass is 9.95. The van der Waals surface area contributed by atoms with Crippen LogP contribution in [-0.2, 0) is 9.53 Å². The Bertz CT molecular complexity index is 526. The summed E-state index contributed by atoms with van der Waals surface area (Å²) in [5, 5.41) is 6.48. The lowest BCUT2D eigenvalue weighted by Gasteiger charge is -2.30. The summed E-state index contributed by atoms with van der Waals surface area (Å²) in [4.78, 5) is 11.9. The Hall–Kier alpha value is -1.88. The Morgan fingerprint density at radius 2 is 2.05 bits per heavy atom. The Morgan fingerprint density at radius 1 is 1.37 bits per heavy atom. The van der Waals surface area contributed by atoms with E-state index < -0.39 is 0 Å². The maximum Gasteiger partial charge on any atom is 0.202 e. The first-order valence-electron chi connectivity index (χ1n) is 6.13. The lowest BCUT2D eigenvalue weighted by Crippen LogP contribution is -2.45. The predicted molar refractivity (Wildman–Crippen MR) is 77.4 cm³/mol. The fraction of sp³-hybridized carbons (Fsp3) is 0.286. The van der Waals surface area contributed by atoms with Gasteiger partial charge in [0, 0.05) is 0 Å². The van der Waals surface area contributed by atoms with Gasteiger partial charge in [0.25, 0.3) is 0 Å². The van der Waals surface area contributed by atoms with Gasteiger partial charge in [-0.05, 0) is 31.6 Å². The zero-order chi connectivity index (χ0) is 13.8. The van der Waals surface area contributed by atoms with Crippen molar-refractivity contribution in [2.45, 2.75) is 19.9 Å². The van der Waals surface area contributed by atoms with Crippen molar-refractivity contribution in [1.29, 1.82) is 0 Å². The van der Waals surface area contributed by atoms with Crippen molar-refractivity contribution < 1.29 is 9.53 Å². The highest BCUT2D eigenvalue weighted by Gasteiger charge is 2.30. The number of thiocarbonyl (C=S) groups is 1.